The molecule has 1 heterocycles. The minimum absolute atomic E-state index is 0. The molecule has 0 aromatic heterocycles. The first kappa shape index (κ1) is 23.0. The zero-order chi connectivity index (χ0) is 18.3. The first-order valence-electron chi connectivity index (χ1n) is 8.95. The molecule has 7 heteroatoms. The van der Waals surface area contributed by atoms with Gasteiger partial charge in [0.25, 0.3) is 0 Å². The standard InChI is InChI=1S/C19H31N3O3.HI/c1-5-20-18(22-10-19(11-23)12-24-13-19)21-9-16-7-6-15(4)8-17(16)25-14(2)3;/h6-8,14,23H,5,9-13H2,1-4H3,(H2,20,21,22);1H. The minimum Gasteiger partial charge on any atom is -0.491 e. The van der Waals surface area contributed by atoms with Gasteiger partial charge in [-0.25, -0.2) is 4.99 Å². The summed E-state index contributed by atoms with van der Waals surface area (Å²) in [7, 11) is 0. The highest BCUT2D eigenvalue weighted by Gasteiger charge is 2.38. The van der Waals surface area contributed by atoms with E-state index in [1.165, 1.54) is 5.56 Å². The first-order chi connectivity index (χ1) is 12.0. The molecular formula is C19H32IN3O3. The molecule has 0 saturated carbocycles. The van der Waals surface area contributed by atoms with Gasteiger partial charge < -0.3 is 25.2 Å². The van der Waals surface area contributed by atoms with Gasteiger partial charge in [0.2, 0.25) is 0 Å². The predicted octanol–water partition coefficient (Wildman–Crippen LogP) is 2.46. The number of guanidine groups is 1. The number of aliphatic hydroxyl groups is 1. The van der Waals surface area contributed by atoms with Crippen LogP contribution in [0.4, 0.5) is 0 Å². The molecule has 26 heavy (non-hydrogen) atoms. The summed E-state index contributed by atoms with van der Waals surface area (Å²) in [5.74, 6) is 1.62. The summed E-state index contributed by atoms with van der Waals surface area (Å²) >= 11 is 0. The SMILES string of the molecule is CCNC(=NCc1ccc(C)cc1OC(C)C)NCC1(CO)COC1.I. The molecule has 1 aliphatic heterocycles. The quantitative estimate of drug-likeness (QED) is 0.305. The summed E-state index contributed by atoms with van der Waals surface area (Å²) in [6.45, 7) is 11.4. The van der Waals surface area contributed by atoms with Crippen LogP contribution in [-0.2, 0) is 11.3 Å². The zero-order valence-electron chi connectivity index (χ0n) is 16.2. The van der Waals surface area contributed by atoms with E-state index in [-0.39, 0.29) is 42.1 Å². The molecular weight excluding hydrogens is 445 g/mol. The van der Waals surface area contributed by atoms with Crippen LogP contribution in [0.25, 0.3) is 0 Å². The lowest BCUT2D eigenvalue weighted by Crippen LogP contribution is -2.54. The van der Waals surface area contributed by atoms with Crippen molar-refractivity contribution in [1.29, 1.82) is 0 Å². The van der Waals surface area contributed by atoms with Crippen molar-refractivity contribution in [2.45, 2.75) is 40.3 Å². The molecule has 0 bridgehead atoms. The van der Waals surface area contributed by atoms with E-state index in [1.54, 1.807) is 0 Å². The van der Waals surface area contributed by atoms with E-state index in [0.29, 0.717) is 26.3 Å². The predicted molar refractivity (Wildman–Crippen MR) is 116 cm³/mol. The van der Waals surface area contributed by atoms with E-state index < -0.39 is 0 Å². The van der Waals surface area contributed by atoms with Crippen LogP contribution in [0, 0.1) is 12.3 Å². The topological polar surface area (TPSA) is 75.1 Å². The Morgan fingerprint density at radius 2 is 2.08 bits per heavy atom. The molecule has 0 radical (unpaired) electrons. The lowest BCUT2D eigenvalue weighted by Gasteiger charge is -2.40. The van der Waals surface area contributed by atoms with Gasteiger partial charge in [-0.05, 0) is 39.3 Å². The molecule has 1 aromatic carbocycles. The van der Waals surface area contributed by atoms with Crippen molar-refractivity contribution in [2.75, 3.05) is 32.9 Å². The van der Waals surface area contributed by atoms with Gasteiger partial charge in [0, 0.05) is 18.7 Å². The van der Waals surface area contributed by atoms with Gasteiger partial charge in [-0.15, -0.1) is 24.0 Å². The van der Waals surface area contributed by atoms with Gasteiger partial charge in [-0.3, -0.25) is 0 Å². The molecule has 0 aliphatic carbocycles. The molecule has 3 N–H and O–H groups in total. The number of nitrogens with one attached hydrogen (secondary N) is 2. The molecule has 1 fully saturated rings. The van der Waals surface area contributed by atoms with Crippen molar-refractivity contribution in [2.24, 2.45) is 10.4 Å². The summed E-state index contributed by atoms with van der Waals surface area (Å²) in [6.07, 6.45) is 0.124. The highest BCUT2D eigenvalue weighted by atomic mass is 127. The van der Waals surface area contributed by atoms with Crippen LogP contribution in [0.5, 0.6) is 5.75 Å². The van der Waals surface area contributed by atoms with Crippen molar-refractivity contribution in [3.63, 3.8) is 0 Å². The van der Waals surface area contributed by atoms with Gasteiger partial charge in [-0.2, -0.15) is 0 Å². The summed E-state index contributed by atoms with van der Waals surface area (Å²) in [5, 5.41) is 16.1. The summed E-state index contributed by atoms with van der Waals surface area (Å²) in [5.41, 5.74) is 2.04. The minimum atomic E-state index is -0.189. The second kappa shape index (κ2) is 10.9. The van der Waals surface area contributed by atoms with Crippen LogP contribution in [0.15, 0.2) is 23.2 Å². The Bertz CT molecular complexity index is 584. The smallest absolute Gasteiger partial charge is 0.191 e. The van der Waals surface area contributed by atoms with Crippen molar-refractivity contribution >= 4 is 29.9 Å². The number of benzene rings is 1. The third-order valence-electron chi connectivity index (χ3n) is 4.12. The fraction of sp³-hybridized carbons (Fsp3) is 0.632. The Morgan fingerprint density at radius 1 is 1.35 bits per heavy atom. The lowest BCUT2D eigenvalue weighted by molar-refractivity contribution is -0.132. The summed E-state index contributed by atoms with van der Waals surface area (Å²) < 4.78 is 11.2. The first-order valence-corrected chi connectivity index (χ1v) is 8.95. The third-order valence-corrected chi connectivity index (χ3v) is 4.12. The molecule has 0 amide bonds. The van der Waals surface area contributed by atoms with E-state index in [4.69, 9.17) is 9.47 Å². The fourth-order valence-corrected chi connectivity index (χ4v) is 2.57. The van der Waals surface area contributed by atoms with Crippen LogP contribution >= 0.6 is 24.0 Å². The number of aryl methyl sites for hydroxylation is 1. The number of rotatable bonds is 8. The number of aliphatic imine (C=N–C) groups is 1. The number of ether oxygens (including phenoxy) is 2. The van der Waals surface area contributed by atoms with Gasteiger partial charge in [0.05, 0.1) is 37.9 Å². The van der Waals surface area contributed by atoms with Crippen molar-refractivity contribution in [3.8, 4) is 5.75 Å². The monoisotopic (exact) mass is 477 g/mol. The molecule has 0 unspecified atom stereocenters. The van der Waals surface area contributed by atoms with Crippen LogP contribution in [-0.4, -0.2) is 50.1 Å². The average molecular weight is 477 g/mol. The highest BCUT2D eigenvalue weighted by Crippen LogP contribution is 2.25. The van der Waals surface area contributed by atoms with E-state index in [2.05, 4.69) is 40.7 Å². The van der Waals surface area contributed by atoms with Crippen LogP contribution in [0.1, 0.15) is 31.9 Å². The maximum atomic E-state index is 9.54. The van der Waals surface area contributed by atoms with Crippen molar-refractivity contribution in [3.05, 3.63) is 29.3 Å². The van der Waals surface area contributed by atoms with E-state index in [0.717, 1.165) is 23.8 Å². The molecule has 148 valence electrons. The van der Waals surface area contributed by atoms with Crippen LogP contribution < -0.4 is 15.4 Å². The Balaban J connectivity index is 0.00000338. The number of halogens is 1. The Kier molecular flexibility index (Phi) is 9.67. The molecule has 6 nitrogen and oxygen atoms in total. The number of nitrogens with zero attached hydrogens (tertiary/aromatic N) is 1. The van der Waals surface area contributed by atoms with Gasteiger partial charge in [0.15, 0.2) is 5.96 Å². The van der Waals surface area contributed by atoms with Gasteiger partial charge >= 0.3 is 0 Å². The molecule has 1 aromatic rings. The van der Waals surface area contributed by atoms with Gasteiger partial charge in [0.1, 0.15) is 5.75 Å². The van der Waals surface area contributed by atoms with E-state index in [9.17, 15) is 5.11 Å². The lowest BCUT2D eigenvalue weighted by atomic mass is 9.87. The highest BCUT2D eigenvalue weighted by molar-refractivity contribution is 14.0. The Labute approximate surface area is 173 Å². The largest absolute Gasteiger partial charge is 0.491 e. The second-order valence-electron chi connectivity index (χ2n) is 6.98. The van der Waals surface area contributed by atoms with E-state index >= 15 is 0 Å². The third kappa shape index (κ3) is 6.59. The van der Waals surface area contributed by atoms with Crippen LogP contribution in [0.3, 0.4) is 0 Å². The maximum absolute atomic E-state index is 9.54. The molecule has 1 saturated heterocycles. The van der Waals surface area contributed by atoms with Crippen molar-refractivity contribution < 1.29 is 14.6 Å². The van der Waals surface area contributed by atoms with E-state index in [1.807, 2.05) is 20.8 Å². The zero-order valence-corrected chi connectivity index (χ0v) is 18.5. The summed E-state index contributed by atoms with van der Waals surface area (Å²) in [4.78, 5) is 4.67. The van der Waals surface area contributed by atoms with Gasteiger partial charge in [-0.1, -0.05) is 12.1 Å². The fourth-order valence-electron chi connectivity index (χ4n) is 2.57. The molecule has 0 atom stereocenters. The van der Waals surface area contributed by atoms with Crippen molar-refractivity contribution in [1.82, 2.24) is 10.6 Å². The normalized spacial score (nSPS) is 15.8. The number of hydrogen-bond donors (Lipinski definition) is 3. The molecule has 2 rings (SSSR count). The average Bonchev–Trinajstić information content (AvgIpc) is 2.52. The molecule has 1 aliphatic rings. The summed E-state index contributed by atoms with van der Waals surface area (Å²) in [6, 6.07) is 6.19. The number of aliphatic hydroxyl groups excluding tert-OH is 1. The Morgan fingerprint density at radius 3 is 2.62 bits per heavy atom. The second-order valence-corrected chi connectivity index (χ2v) is 6.98. The molecule has 0 spiro atoms. The maximum Gasteiger partial charge on any atom is 0.191 e. The van der Waals surface area contributed by atoms with Crippen LogP contribution in [0.2, 0.25) is 0 Å². The number of hydrogen-bond acceptors (Lipinski definition) is 4. The Hall–Kier alpha value is -1.06.